The Morgan fingerprint density at radius 3 is 2.39 bits per heavy atom. The number of hydrogen-bond acceptors (Lipinski definition) is 4. The molecule has 5 heteroatoms. The molecule has 0 radical (unpaired) electrons. The fourth-order valence-corrected chi connectivity index (χ4v) is 4.82. The van der Waals surface area contributed by atoms with Crippen LogP contribution >= 0.6 is 0 Å². The molecule has 156 valence electrons. The molecule has 0 aromatic heterocycles. The van der Waals surface area contributed by atoms with Crippen LogP contribution in [0.1, 0.15) is 57.9 Å². The summed E-state index contributed by atoms with van der Waals surface area (Å²) in [6.45, 7) is 6.16. The van der Waals surface area contributed by atoms with E-state index in [4.69, 9.17) is 0 Å². The Hall–Kier alpha value is -1.43. The summed E-state index contributed by atoms with van der Waals surface area (Å²) in [6, 6.07) is 10.6. The lowest BCUT2D eigenvalue weighted by Crippen LogP contribution is -2.48. The highest BCUT2D eigenvalue weighted by Gasteiger charge is 2.40. The zero-order chi connectivity index (χ0) is 20.1. The summed E-state index contributed by atoms with van der Waals surface area (Å²) in [6.07, 6.45) is 4.46. The molecule has 1 aromatic rings. The topological polar surface area (TPSA) is 72.8 Å². The molecule has 1 amide bonds. The molecule has 28 heavy (non-hydrogen) atoms. The number of hydrogen-bond donors (Lipinski definition) is 3. The van der Waals surface area contributed by atoms with Gasteiger partial charge in [0.15, 0.2) is 0 Å². The number of nitrogens with zero attached hydrogens (tertiary/aromatic N) is 1. The number of carbonyl (C=O) groups excluding carboxylic acids is 1. The third-order valence-electron chi connectivity index (χ3n) is 6.76. The number of carbonyl (C=O) groups is 1. The first kappa shape index (κ1) is 21.3. The second-order valence-corrected chi connectivity index (χ2v) is 9.00. The van der Waals surface area contributed by atoms with E-state index in [9.17, 15) is 15.0 Å². The van der Waals surface area contributed by atoms with E-state index in [1.807, 2.05) is 19.9 Å². The van der Waals surface area contributed by atoms with Crippen molar-refractivity contribution < 1.29 is 15.0 Å². The average molecular weight is 389 g/mol. The molecule has 1 aromatic carbocycles. The van der Waals surface area contributed by atoms with Crippen LogP contribution in [0.25, 0.3) is 0 Å². The molecule has 1 saturated carbocycles. The maximum atomic E-state index is 12.3. The first-order valence-corrected chi connectivity index (χ1v) is 10.8. The van der Waals surface area contributed by atoms with Crippen LogP contribution in [0.2, 0.25) is 0 Å². The smallest absolute Gasteiger partial charge is 0.222 e. The van der Waals surface area contributed by atoms with Crippen molar-refractivity contribution in [1.29, 1.82) is 0 Å². The van der Waals surface area contributed by atoms with Gasteiger partial charge in [0.1, 0.15) is 0 Å². The fraction of sp³-hybridized carbons (Fsp3) is 0.696. The minimum absolute atomic E-state index is 0.0308. The van der Waals surface area contributed by atoms with E-state index in [0.717, 1.165) is 51.6 Å². The lowest BCUT2D eigenvalue weighted by Gasteiger charge is -2.38. The number of amides is 1. The van der Waals surface area contributed by atoms with Gasteiger partial charge in [0.05, 0.1) is 12.2 Å². The highest BCUT2D eigenvalue weighted by atomic mass is 16.3. The number of aliphatic hydroxyl groups excluding tert-OH is 2. The van der Waals surface area contributed by atoms with Crippen molar-refractivity contribution in [1.82, 2.24) is 10.2 Å². The number of rotatable bonds is 5. The first-order chi connectivity index (χ1) is 13.4. The summed E-state index contributed by atoms with van der Waals surface area (Å²) in [7, 11) is 0. The summed E-state index contributed by atoms with van der Waals surface area (Å²) >= 11 is 0. The van der Waals surface area contributed by atoms with Crippen LogP contribution in [-0.2, 0) is 10.2 Å². The van der Waals surface area contributed by atoms with Crippen molar-refractivity contribution in [2.75, 3.05) is 19.6 Å². The minimum Gasteiger partial charge on any atom is -0.393 e. The predicted molar refractivity (Wildman–Crippen MR) is 111 cm³/mol. The Labute approximate surface area is 169 Å². The maximum Gasteiger partial charge on any atom is 0.222 e. The number of benzene rings is 1. The fourth-order valence-electron chi connectivity index (χ4n) is 4.82. The monoisotopic (exact) mass is 388 g/mol. The summed E-state index contributed by atoms with van der Waals surface area (Å²) in [5.41, 5.74) is 1.11. The van der Waals surface area contributed by atoms with Crippen molar-refractivity contribution in [3.05, 3.63) is 35.9 Å². The minimum atomic E-state index is -0.360. The molecule has 5 nitrogen and oxygen atoms in total. The summed E-state index contributed by atoms with van der Waals surface area (Å²) in [5, 5.41) is 23.9. The molecular weight excluding hydrogens is 352 g/mol. The Kier molecular flexibility index (Phi) is 7.13. The van der Waals surface area contributed by atoms with Gasteiger partial charge in [-0.1, -0.05) is 44.2 Å². The third kappa shape index (κ3) is 4.94. The van der Waals surface area contributed by atoms with Crippen molar-refractivity contribution >= 4 is 5.91 Å². The Morgan fingerprint density at radius 1 is 1.11 bits per heavy atom. The van der Waals surface area contributed by atoms with Gasteiger partial charge < -0.3 is 15.5 Å². The molecule has 2 fully saturated rings. The molecule has 0 unspecified atom stereocenters. The van der Waals surface area contributed by atoms with Crippen molar-refractivity contribution in [2.24, 2.45) is 5.92 Å². The lowest BCUT2D eigenvalue weighted by atomic mass is 9.74. The quantitative estimate of drug-likeness (QED) is 0.678. The molecule has 1 aliphatic heterocycles. The van der Waals surface area contributed by atoms with Gasteiger partial charge in [-0.25, -0.2) is 0 Å². The van der Waals surface area contributed by atoms with Gasteiger partial charge in [-0.05, 0) is 44.1 Å². The highest BCUT2D eigenvalue weighted by Crippen LogP contribution is 2.39. The molecule has 0 bridgehead atoms. The standard InChI is InChI=1S/C23H36N2O3/c1-17(2)22(28)24-16-23(18-6-4-3-5-7-18)12-8-20(21(27)9-13-23)25-14-10-19(26)11-15-25/h3-7,17,19-21,26-27H,8-16H2,1-2H3,(H,24,28)/t20-,21-,23-/m0/s1. The number of likely N-dealkylation sites (tertiary alicyclic amines) is 1. The van der Waals surface area contributed by atoms with E-state index in [0.29, 0.717) is 6.54 Å². The average Bonchev–Trinajstić information content (AvgIpc) is 2.87. The number of aliphatic hydroxyl groups is 2. The van der Waals surface area contributed by atoms with Crippen LogP contribution in [-0.4, -0.2) is 58.9 Å². The van der Waals surface area contributed by atoms with Gasteiger partial charge in [-0.2, -0.15) is 0 Å². The van der Waals surface area contributed by atoms with Gasteiger partial charge in [-0.15, -0.1) is 0 Å². The van der Waals surface area contributed by atoms with E-state index in [2.05, 4.69) is 34.5 Å². The van der Waals surface area contributed by atoms with Crippen LogP contribution < -0.4 is 5.32 Å². The van der Waals surface area contributed by atoms with Crippen molar-refractivity contribution in [3.63, 3.8) is 0 Å². The zero-order valence-electron chi connectivity index (χ0n) is 17.3. The summed E-state index contributed by atoms with van der Waals surface area (Å²) in [4.78, 5) is 14.6. The molecule has 3 atom stereocenters. The first-order valence-electron chi connectivity index (χ1n) is 10.8. The zero-order valence-corrected chi connectivity index (χ0v) is 17.3. The number of piperidine rings is 1. The van der Waals surface area contributed by atoms with Gasteiger partial charge >= 0.3 is 0 Å². The number of nitrogens with one attached hydrogen (secondary N) is 1. The second kappa shape index (κ2) is 9.38. The molecule has 3 rings (SSSR count). The maximum absolute atomic E-state index is 12.3. The highest BCUT2D eigenvalue weighted by molar-refractivity contribution is 5.77. The van der Waals surface area contributed by atoms with Crippen LogP contribution in [0.3, 0.4) is 0 Å². The molecule has 3 N–H and O–H groups in total. The molecule has 1 saturated heterocycles. The van der Waals surface area contributed by atoms with Crippen molar-refractivity contribution in [3.8, 4) is 0 Å². The van der Waals surface area contributed by atoms with E-state index in [1.165, 1.54) is 5.56 Å². The molecule has 1 aliphatic carbocycles. The summed E-state index contributed by atoms with van der Waals surface area (Å²) < 4.78 is 0. The lowest BCUT2D eigenvalue weighted by molar-refractivity contribution is -0.124. The normalized spacial score (nSPS) is 30.2. The van der Waals surface area contributed by atoms with Crippen LogP contribution in [0.15, 0.2) is 30.3 Å². The van der Waals surface area contributed by atoms with Gasteiger partial charge in [0.25, 0.3) is 0 Å². The summed E-state index contributed by atoms with van der Waals surface area (Å²) in [5.74, 6) is 0.0541. The molecular formula is C23H36N2O3. The SMILES string of the molecule is CC(C)C(=O)NC[C@@]1(c2ccccc2)CC[C@H](O)[C@@H](N2CCC(O)CC2)CC1. The van der Waals surface area contributed by atoms with E-state index in [-0.39, 0.29) is 35.5 Å². The van der Waals surface area contributed by atoms with Gasteiger partial charge in [-0.3, -0.25) is 9.69 Å². The van der Waals surface area contributed by atoms with Crippen molar-refractivity contribution in [2.45, 2.75) is 76.0 Å². The van der Waals surface area contributed by atoms with E-state index in [1.54, 1.807) is 0 Å². The van der Waals surface area contributed by atoms with Gasteiger partial charge in [0.2, 0.25) is 5.91 Å². The molecule has 1 heterocycles. The predicted octanol–water partition coefficient (Wildman–Crippen LogP) is 2.46. The van der Waals surface area contributed by atoms with Crippen LogP contribution in [0, 0.1) is 5.92 Å². The largest absolute Gasteiger partial charge is 0.393 e. The van der Waals surface area contributed by atoms with Crippen LogP contribution in [0.4, 0.5) is 0 Å². The van der Waals surface area contributed by atoms with Crippen LogP contribution in [0.5, 0.6) is 0 Å². The molecule has 2 aliphatic rings. The Bertz CT molecular complexity index is 628. The van der Waals surface area contributed by atoms with E-state index >= 15 is 0 Å². The third-order valence-corrected chi connectivity index (χ3v) is 6.76. The Balaban J connectivity index is 1.77. The second-order valence-electron chi connectivity index (χ2n) is 9.00. The van der Waals surface area contributed by atoms with E-state index < -0.39 is 0 Å². The Morgan fingerprint density at radius 2 is 1.75 bits per heavy atom. The van der Waals surface area contributed by atoms with Gasteiger partial charge in [0, 0.05) is 37.0 Å². The molecule has 0 spiro atoms.